The van der Waals surface area contributed by atoms with Gasteiger partial charge in [-0.15, -0.1) is 0 Å². The van der Waals surface area contributed by atoms with Gasteiger partial charge in [-0.05, 0) is 69.8 Å². The first-order chi connectivity index (χ1) is 17.2. The second kappa shape index (κ2) is 7.04. The Morgan fingerprint density at radius 3 is 2.14 bits per heavy atom. The molecule has 0 N–H and O–H groups in total. The molecular formula is C31H16BrClOS. The van der Waals surface area contributed by atoms with Crippen LogP contribution in [0.2, 0.25) is 5.02 Å². The fraction of sp³-hybridized carbons (Fsp3) is 0.0323. The van der Waals surface area contributed by atoms with Gasteiger partial charge in [-0.3, -0.25) is 0 Å². The SMILES string of the molecule is Clc1cccc2oc3ccc4c(c3c12)Sc1ccc(Br)cc1C41c2ccccc2-c2ccccc21. The summed E-state index contributed by atoms with van der Waals surface area (Å²) in [6.07, 6.45) is 0. The van der Waals surface area contributed by atoms with Crippen molar-refractivity contribution in [2.24, 2.45) is 0 Å². The molecule has 1 aliphatic heterocycles. The van der Waals surface area contributed by atoms with Crippen LogP contribution in [-0.4, -0.2) is 0 Å². The lowest BCUT2D eigenvalue weighted by molar-refractivity contribution is 0.666. The van der Waals surface area contributed by atoms with Crippen LogP contribution in [0.5, 0.6) is 0 Å². The third-order valence-electron chi connectivity index (χ3n) is 7.48. The number of rotatable bonds is 0. The Morgan fingerprint density at radius 2 is 1.37 bits per heavy atom. The summed E-state index contributed by atoms with van der Waals surface area (Å²) < 4.78 is 7.37. The van der Waals surface area contributed by atoms with Crippen LogP contribution in [0.15, 0.2) is 116 Å². The molecule has 0 fully saturated rings. The van der Waals surface area contributed by atoms with E-state index in [9.17, 15) is 0 Å². The second-order valence-electron chi connectivity index (χ2n) is 9.11. The van der Waals surface area contributed by atoms with E-state index >= 15 is 0 Å². The lowest BCUT2D eigenvalue weighted by Gasteiger charge is -2.40. The lowest BCUT2D eigenvalue weighted by Crippen LogP contribution is -2.32. The maximum Gasteiger partial charge on any atom is 0.136 e. The minimum atomic E-state index is -0.425. The van der Waals surface area contributed by atoms with Gasteiger partial charge in [-0.2, -0.15) is 0 Å². The molecular weight excluding hydrogens is 536 g/mol. The molecule has 0 saturated heterocycles. The smallest absolute Gasteiger partial charge is 0.136 e. The Hall–Kier alpha value is -2.98. The topological polar surface area (TPSA) is 13.1 Å². The van der Waals surface area contributed by atoms with Gasteiger partial charge in [0.25, 0.3) is 0 Å². The summed E-state index contributed by atoms with van der Waals surface area (Å²) in [5.74, 6) is 0. The van der Waals surface area contributed by atoms with Crippen molar-refractivity contribution in [2.45, 2.75) is 15.2 Å². The molecule has 1 aliphatic carbocycles. The molecule has 2 heterocycles. The maximum atomic E-state index is 6.78. The van der Waals surface area contributed by atoms with Crippen LogP contribution in [0.25, 0.3) is 33.1 Å². The van der Waals surface area contributed by atoms with E-state index in [-0.39, 0.29) is 0 Å². The Kier molecular flexibility index (Phi) is 4.07. The van der Waals surface area contributed by atoms with Gasteiger partial charge in [0.05, 0.1) is 10.4 Å². The van der Waals surface area contributed by atoms with Crippen LogP contribution in [0.3, 0.4) is 0 Å². The fourth-order valence-electron chi connectivity index (χ4n) is 6.19. The van der Waals surface area contributed by atoms with Crippen molar-refractivity contribution >= 4 is 61.2 Å². The molecule has 1 spiro atoms. The summed E-state index contributed by atoms with van der Waals surface area (Å²) in [5, 5.41) is 2.81. The number of hydrogen-bond donors (Lipinski definition) is 0. The van der Waals surface area contributed by atoms with Crippen LogP contribution in [0.1, 0.15) is 22.3 Å². The van der Waals surface area contributed by atoms with Gasteiger partial charge >= 0.3 is 0 Å². The third kappa shape index (κ3) is 2.46. The van der Waals surface area contributed by atoms with Gasteiger partial charge in [-0.25, -0.2) is 0 Å². The third-order valence-corrected chi connectivity index (χ3v) is 9.49. The monoisotopic (exact) mass is 550 g/mol. The predicted molar refractivity (Wildman–Crippen MR) is 148 cm³/mol. The molecule has 35 heavy (non-hydrogen) atoms. The van der Waals surface area contributed by atoms with Crippen molar-refractivity contribution in [2.75, 3.05) is 0 Å². The minimum Gasteiger partial charge on any atom is -0.456 e. The van der Waals surface area contributed by atoms with E-state index in [0.29, 0.717) is 0 Å². The largest absolute Gasteiger partial charge is 0.456 e. The van der Waals surface area contributed by atoms with E-state index in [1.165, 1.54) is 43.2 Å². The quantitative estimate of drug-likeness (QED) is 0.186. The molecule has 0 saturated carbocycles. The summed E-state index contributed by atoms with van der Waals surface area (Å²) in [6.45, 7) is 0. The zero-order valence-corrected chi connectivity index (χ0v) is 21.5. The summed E-state index contributed by atoms with van der Waals surface area (Å²) in [4.78, 5) is 2.47. The fourth-order valence-corrected chi connectivity index (χ4v) is 8.13. The Labute approximate surface area is 219 Å². The molecule has 1 aromatic heterocycles. The number of benzene rings is 5. The average Bonchev–Trinajstić information content (AvgIpc) is 3.41. The van der Waals surface area contributed by atoms with Crippen molar-refractivity contribution in [1.29, 1.82) is 0 Å². The summed E-state index contributed by atoms with van der Waals surface area (Å²) in [7, 11) is 0. The molecule has 1 nitrogen and oxygen atoms in total. The lowest BCUT2D eigenvalue weighted by atomic mass is 9.67. The average molecular weight is 552 g/mol. The maximum absolute atomic E-state index is 6.78. The molecule has 8 rings (SSSR count). The minimum absolute atomic E-state index is 0.425. The molecule has 166 valence electrons. The Morgan fingerprint density at radius 1 is 0.657 bits per heavy atom. The van der Waals surface area contributed by atoms with E-state index in [2.05, 4.69) is 94.8 Å². The van der Waals surface area contributed by atoms with Crippen molar-refractivity contribution in [3.8, 4) is 11.1 Å². The molecule has 4 heteroatoms. The molecule has 0 atom stereocenters. The van der Waals surface area contributed by atoms with Gasteiger partial charge in [-0.1, -0.05) is 100.0 Å². The van der Waals surface area contributed by atoms with Crippen LogP contribution < -0.4 is 0 Å². The Balaban J connectivity index is 1.62. The van der Waals surface area contributed by atoms with Gasteiger partial charge in [0.2, 0.25) is 0 Å². The van der Waals surface area contributed by atoms with Crippen LogP contribution in [-0.2, 0) is 5.41 Å². The Bertz CT molecular complexity index is 1820. The van der Waals surface area contributed by atoms with E-state index in [1.54, 1.807) is 0 Å². The first-order valence-electron chi connectivity index (χ1n) is 11.5. The first kappa shape index (κ1) is 20.2. The van der Waals surface area contributed by atoms with Crippen molar-refractivity contribution in [3.63, 3.8) is 0 Å². The molecule has 5 aromatic carbocycles. The van der Waals surface area contributed by atoms with E-state index in [0.717, 1.165) is 31.4 Å². The van der Waals surface area contributed by atoms with E-state index < -0.39 is 5.41 Å². The first-order valence-corrected chi connectivity index (χ1v) is 13.5. The van der Waals surface area contributed by atoms with E-state index in [4.69, 9.17) is 16.0 Å². The molecule has 0 amide bonds. The molecule has 2 aliphatic rings. The number of fused-ring (bicyclic) bond motifs is 13. The summed E-state index contributed by atoms with van der Waals surface area (Å²) in [5.41, 5.74) is 9.08. The standard InChI is InChI=1S/C31H16BrClOS/c32-17-12-15-27-23(16-17)31(20-8-3-1-6-18(20)19-7-2-4-9-21(19)31)22-13-14-26-29(30(22)35-27)28-24(33)10-5-11-25(28)34-26/h1-16H. The highest BCUT2D eigenvalue weighted by atomic mass is 79.9. The zero-order chi connectivity index (χ0) is 23.3. The number of hydrogen-bond acceptors (Lipinski definition) is 2. The molecule has 6 aromatic rings. The molecule has 0 bridgehead atoms. The normalized spacial score (nSPS) is 14.7. The summed E-state index contributed by atoms with van der Waals surface area (Å²) >= 11 is 12.4. The van der Waals surface area contributed by atoms with Crippen LogP contribution >= 0.6 is 39.3 Å². The van der Waals surface area contributed by atoms with Crippen molar-refractivity contribution in [1.82, 2.24) is 0 Å². The van der Waals surface area contributed by atoms with Gasteiger partial charge in [0.1, 0.15) is 11.2 Å². The summed E-state index contributed by atoms with van der Waals surface area (Å²) in [6, 6.07) is 34.7. The molecule has 0 radical (unpaired) electrons. The van der Waals surface area contributed by atoms with Crippen LogP contribution in [0.4, 0.5) is 0 Å². The van der Waals surface area contributed by atoms with Gasteiger partial charge in [0, 0.05) is 25.0 Å². The second-order valence-corrected chi connectivity index (χ2v) is 11.5. The predicted octanol–water partition coefficient (Wildman–Crippen LogP) is 9.83. The van der Waals surface area contributed by atoms with Gasteiger partial charge < -0.3 is 4.42 Å². The number of furan rings is 1. The highest BCUT2D eigenvalue weighted by molar-refractivity contribution is 9.10. The van der Waals surface area contributed by atoms with Crippen molar-refractivity contribution in [3.05, 3.63) is 129 Å². The highest BCUT2D eigenvalue weighted by Gasteiger charge is 2.50. The number of halogens is 2. The highest BCUT2D eigenvalue weighted by Crippen LogP contribution is 2.63. The zero-order valence-electron chi connectivity index (χ0n) is 18.3. The molecule has 0 unspecified atom stereocenters. The van der Waals surface area contributed by atoms with Crippen molar-refractivity contribution < 1.29 is 4.42 Å². The van der Waals surface area contributed by atoms with Gasteiger partial charge in [0.15, 0.2) is 0 Å². The van der Waals surface area contributed by atoms with Crippen LogP contribution in [0, 0.1) is 0 Å². The van der Waals surface area contributed by atoms with E-state index in [1.807, 2.05) is 30.0 Å².